The minimum absolute atomic E-state index is 0.499. The van der Waals surface area contributed by atoms with Crippen molar-refractivity contribution < 1.29 is 14.2 Å². The molecule has 2 rings (SSSR count). The van der Waals surface area contributed by atoms with Crippen LogP contribution in [0.3, 0.4) is 0 Å². The first-order chi connectivity index (χ1) is 10.1. The highest BCUT2D eigenvalue weighted by atomic mass is 16.5. The smallest absolute Gasteiger partial charge is 0.203 e. The molecule has 5 nitrogen and oxygen atoms in total. The van der Waals surface area contributed by atoms with Crippen molar-refractivity contribution in [2.45, 2.75) is 32.5 Å². The zero-order valence-corrected chi connectivity index (χ0v) is 13.6. The number of hydrogen-bond acceptors (Lipinski definition) is 5. The lowest BCUT2D eigenvalue weighted by Crippen LogP contribution is -2.53. The standard InChI is InChI=1S/C16H26N2O3/c1-11-9-18(12(2)8-17-11)10-13-6-7-14(19-3)16(21-5)15(13)20-4/h6-7,11-12,17H,8-10H2,1-5H3. The Kier molecular flexibility index (Phi) is 5.31. The maximum atomic E-state index is 5.57. The van der Waals surface area contributed by atoms with Crippen LogP contribution in [0.2, 0.25) is 0 Å². The van der Waals surface area contributed by atoms with Gasteiger partial charge in [-0.2, -0.15) is 0 Å². The summed E-state index contributed by atoms with van der Waals surface area (Å²) in [5.74, 6) is 2.11. The average molecular weight is 294 g/mol. The Morgan fingerprint density at radius 2 is 1.81 bits per heavy atom. The first-order valence-corrected chi connectivity index (χ1v) is 7.36. The zero-order chi connectivity index (χ0) is 15.4. The van der Waals surface area contributed by atoms with Crippen LogP contribution in [0.4, 0.5) is 0 Å². The quantitative estimate of drug-likeness (QED) is 0.898. The molecule has 1 aromatic rings. The molecule has 0 radical (unpaired) electrons. The number of benzene rings is 1. The molecule has 2 unspecified atom stereocenters. The van der Waals surface area contributed by atoms with E-state index >= 15 is 0 Å². The van der Waals surface area contributed by atoms with Crippen molar-refractivity contribution in [3.05, 3.63) is 17.7 Å². The molecule has 0 amide bonds. The topological polar surface area (TPSA) is 43.0 Å². The van der Waals surface area contributed by atoms with Gasteiger partial charge in [0.05, 0.1) is 21.3 Å². The molecule has 0 aromatic heterocycles. The van der Waals surface area contributed by atoms with Crippen LogP contribution in [0, 0.1) is 0 Å². The van der Waals surface area contributed by atoms with Gasteiger partial charge in [0.1, 0.15) is 0 Å². The van der Waals surface area contributed by atoms with Gasteiger partial charge in [0.25, 0.3) is 0 Å². The van der Waals surface area contributed by atoms with Gasteiger partial charge in [0.15, 0.2) is 11.5 Å². The first kappa shape index (κ1) is 15.9. The summed E-state index contributed by atoms with van der Waals surface area (Å²) in [5, 5.41) is 3.50. The van der Waals surface area contributed by atoms with E-state index in [-0.39, 0.29) is 0 Å². The fourth-order valence-corrected chi connectivity index (χ4v) is 2.82. The van der Waals surface area contributed by atoms with E-state index in [0.29, 0.717) is 23.6 Å². The molecule has 1 N–H and O–H groups in total. The van der Waals surface area contributed by atoms with E-state index in [9.17, 15) is 0 Å². The van der Waals surface area contributed by atoms with Gasteiger partial charge in [-0.05, 0) is 19.9 Å². The van der Waals surface area contributed by atoms with Crippen LogP contribution >= 0.6 is 0 Å². The second-order valence-electron chi connectivity index (χ2n) is 5.58. The molecular weight excluding hydrogens is 268 g/mol. The predicted octanol–water partition coefficient (Wildman–Crippen LogP) is 1.89. The molecule has 1 aliphatic heterocycles. The van der Waals surface area contributed by atoms with Crippen molar-refractivity contribution in [2.24, 2.45) is 0 Å². The number of piperazine rings is 1. The van der Waals surface area contributed by atoms with E-state index in [2.05, 4.69) is 30.1 Å². The van der Waals surface area contributed by atoms with Crippen LogP contribution in [-0.2, 0) is 6.54 Å². The molecule has 1 fully saturated rings. The number of ether oxygens (including phenoxy) is 3. The fraction of sp³-hybridized carbons (Fsp3) is 0.625. The Morgan fingerprint density at radius 1 is 1.10 bits per heavy atom. The van der Waals surface area contributed by atoms with Crippen molar-refractivity contribution in [3.63, 3.8) is 0 Å². The summed E-state index contributed by atoms with van der Waals surface area (Å²) in [6.07, 6.45) is 0. The number of methoxy groups -OCH3 is 3. The van der Waals surface area contributed by atoms with E-state index < -0.39 is 0 Å². The summed E-state index contributed by atoms with van der Waals surface area (Å²) in [6, 6.07) is 5.00. The van der Waals surface area contributed by atoms with Crippen molar-refractivity contribution in [1.29, 1.82) is 0 Å². The highest BCUT2D eigenvalue weighted by Crippen LogP contribution is 2.40. The highest BCUT2D eigenvalue weighted by molar-refractivity contribution is 5.55. The third-order valence-electron chi connectivity index (χ3n) is 4.05. The van der Waals surface area contributed by atoms with Gasteiger partial charge in [-0.1, -0.05) is 6.07 Å². The molecule has 1 aromatic carbocycles. The van der Waals surface area contributed by atoms with Crippen LogP contribution in [-0.4, -0.2) is 51.4 Å². The monoisotopic (exact) mass is 294 g/mol. The van der Waals surface area contributed by atoms with Crippen LogP contribution in [0.25, 0.3) is 0 Å². The normalized spacial score (nSPS) is 22.9. The lowest BCUT2D eigenvalue weighted by atomic mass is 10.1. The van der Waals surface area contributed by atoms with Gasteiger partial charge < -0.3 is 19.5 Å². The van der Waals surface area contributed by atoms with Crippen molar-refractivity contribution in [2.75, 3.05) is 34.4 Å². The van der Waals surface area contributed by atoms with Crippen LogP contribution in [0.15, 0.2) is 12.1 Å². The Labute approximate surface area is 127 Å². The largest absolute Gasteiger partial charge is 0.493 e. The number of nitrogens with one attached hydrogen (secondary N) is 1. The van der Waals surface area contributed by atoms with Gasteiger partial charge >= 0.3 is 0 Å². The van der Waals surface area contributed by atoms with Crippen molar-refractivity contribution in [1.82, 2.24) is 10.2 Å². The number of hydrogen-bond donors (Lipinski definition) is 1. The van der Waals surface area contributed by atoms with Gasteiger partial charge in [-0.15, -0.1) is 0 Å². The highest BCUT2D eigenvalue weighted by Gasteiger charge is 2.24. The first-order valence-electron chi connectivity index (χ1n) is 7.36. The molecule has 1 saturated heterocycles. The summed E-state index contributed by atoms with van der Waals surface area (Å²) in [6.45, 7) is 7.34. The number of rotatable bonds is 5. The van der Waals surface area contributed by atoms with Crippen molar-refractivity contribution >= 4 is 0 Å². The third kappa shape index (κ3) is 3.41. The molecule has 0 aliphatic carbocycles. The molecule has 118 valence electrons. The summed E-state index contributed by atoms with van der Waals surface area (Å²) in [5.41, 5.74) is 1.12. The van der Waals surface area contributed by atoms with Gasteiger partial charge in [-0.3, -0.25) is 4.90 Å². The number of nitrogens with zero attached hydrogens (tertiary/aromatic N) is 1. The molecule has 2 atom stereocenters. The second-order valence-corrected chi connectivity index (χ2v) is 5.58. The summed E-state index contributed by atoms with van der Waals surface area (Å²) >= 11 is 0. The van der Waals surface area contributed by atoms with E-state index in [1.165, 1.54) is 0 Å². The van der Waals surface area contributed by atoms with Crippen LogP contribution in [0.1, 0.15) is 19.4 Å². The summed E-state index contributed by atoms with van der Waals surface area (Å²) in [4.78, 5) is 2.46. The maximum Gasteiger partial charge on any atom is 0.203 e. The molecular formula is C16H26N2O3. The van der Waals surface area contributed by atoms with E-state index in [1.807, 2.05) is 6.07 Å². The lowest BCUT2D eigenvalue weighted by Gasteiger charge is -2.37. The molecule has 1 aliphatic rings. The maximum absolute atomic E-state index is 5.57. The predicted molar refractivity (Wildman–Crippen MR) is 83.4 cm³/mol. The lowest BCUT2D eigenvalue weighted by molar-refractivity contribution is 0.137. The summed E-state index contributed by atoms with van der Waals surface area (Å²) < 4.78 is 16.4. The molecule has 5 heteroatoms. The minimum Gasteiger partial charge on any atom is -0.493 e. The Hall–Kier alpha value is -1.46. The van der Waals surface area contributed by atoms with Crippen LogP contribution < -0.4 is 19.5 Å². The average Bonchev–Trinajstić information content (AvgIpc) is 2.50. The minimum atomic E-state index is 0.499. The Bertz CT molecular complexity index is 479. The second kappa shape index (κ2) is 7.00. The van der Waals surface area contributed by atoms with Crippen LogP contribution in [0.5, 0.6) is 17.2 Å². The Balaban J connectivity index is 2.27. The van der Waals surface area contributed by atoms with Gasteiger partial charge in [0, 0.05) is 37.3 Å². The fourth-order valence-electron chi connectivity index (χ4n) is 2.82. The van der Waals surface area contributed by atoms with Crippen molar-refractivity contribution in [3.8, 4) is 17.2 Å². The molecule has 0 bridgehead atoms. The van der Waals surface area contributed by atoms with Gasteiger partial charge in [-0.25, -0.2) is 0 Å². The molecule has 0 saturated carbocycles. The molecule has 0 spiro atoms. The van der Waals surface area contributed by atoms with E-state index in [0.717, 1.165) is 30.9 Å². The Morgan fingerprint density at radius 3 is 2.43 bits per heavy atom. The molecule has 1 heterocycles. The third-order valence-corrected chi connectivity index (χ3v) is 4.05. The summed E-state index contributed by atoms with van der Waals surface area (Å²) in [7, 11) is 4.95. The SMILES string of the molecule is COc1ccc(CN2CC(C)NCC2C)c(OC)c1OC. The molecule has 21 heavy (non-hydrogen) atoms. The van der Waals surface area contributed by atoms with E-state index in [1.54, 1.807) is 21.3 Å². The van der Waals surface area contributed by atoms with E-state index in [4.69, 9.17) is 14.2 Å². The van der Waals surface area contributed by atoms with Gasteiger partial charge in [0.2, 0.25) is 5.75 Å². The zero-order valence-electron chi connectivity index (χ0n) is 13.6.